The molecule has 1 amide bonds. The second-order valence-corrected chi connectivity index (χ2v) is 5.60. The summed E-state index contributed by atoms with van der Waals surface area (Å²) in [6, 6.07) is -0.984. The maximum atomic E-state index is 12.1. The lowest BCUT2D eigenvalue weighted by atomic mass is 10.1. The standard InChI is InChI=1S/C13H23NO5/c1-5-14(12(17)19-13(2,3)4)10(11(15)16)9-7-6-8-18-9/h9-10H,5-8H2,1-4H3,(H,15,16). The van der Waals surface area contributed by atoms with E-state index < -0.39 is 29.8 Å². The van der Waals surface area contributed by atoms with Crippen LogP contribution in [0.15, 0.2) is 0 Å². The molecule has 6 nitrogen and oxygen atoms in total. The monoisotopic (exact) mass is 273 g/mol. The summed E-state index contributed by atoms with van der Waals surface area (Å²) in [7, 11) is 0. The molecule has 1 heterocycles. The van der Waals surface area contributed by atoms with Crippen molar-refractivity contribution >= 4 is 12.1 Å². The quantitative estimate of drug-likeness (QED) is 0.846. The van der Waals surface area contributed by atoms with E-state index in [1.807, 2.05) is 0 Å². The molecule has 1 aliphatic rings. The minimum atomic E-state index is -1.06. The second-order valence-electron chi connectivity index (χ2n) is 5.60. The van der Waals surface area contributed by atoms with Crippen LogP contribution in [-0.2, 0) is 14.3 Å². The highest BCUT2D eigenvalue weighted by atomic mass is 16.6. The van der Waals surface area contributed by atoms with Crippen molar-refractivity contribution in [3.8, 4) is 0 Å². The van der Waals surface area contributed by atoms with Crippen LogP contribution < -0.4 is 0 Å². The summed E-state index contributed by atoms with van der Waals surface area (Å²) < 4.78 is 10.7. The Bertz CT molecular complexity index is 330. The summed E-state index contributed by atoms with van der Waals surface area (Å²) in [6.45, 7) is 7.79. The first kappa shape index (κ1) is 15.8. The van der Waals surface area contributed by atoms with Gasteiger partial charge in [-0.1, -0.05) is 0 Å². The Morgan fingerprint density at radius 1 is 1.47 bits per heavy atom. The SMILES string of the molecule is CCN(C(=O)OC(C)(C)C)C(C(=O)O)C1CCCO1. The average molecular weight is 273 g/mol. The number of carboxylic acid groups (broad SMARTS) is 1. The Balaban J connectivity index is 2.84. The van der Waals surface area contributed by atoms with Crippen LogP contribution in [0.4, 0.5) is 4.79 Å². The summed E-state index contributed by atoms with van der Waals surface area (Å²) in [5, 5.41) is 9.35. The van der Waals surface area contributed by atoms with Crippen LogP contribution in [0.3, 0.4) is 0 Å². The largest absolute Gasteiger partial charge is 0.480 e. The molecule has 0 bridgehead atoms. The summed E-state index contributed by atoms with van der Waals surface area (Å²) >= 11 is 0. The normalized spacial score (nSPS) is 20.9. The molecule has 0 aromatic carbocycles. The van der Waals surface area contributed by atoms with E-state index in [0.717, 1.165) is 6.42 Å². The third-order valence-electron chi connectivity index (χ3n) is 2.87. The van der Waals surface area contributed by atoms with Gasteiger partial charge in [-0.2, -0.15) is 0 Å². The Labute approximate surface area is 113 Å². The van der Waals surface area contributed by atoms with Gasteiger partial charge in [0.05, 0.1) is 6.10 Å². The van der Waals surface area contributed by atoms with Crippen molar-refractivity contribution in [2.45, 2.75) is 58.3 Å². The van der Waals surface area contributed by atoms with E-state index >= 15 is 0 Å². The number of hydrogen-bond donors (Lipinski definition) is 1. The van der Waals surface area contributed by atoms with E-state index in [4.69, 9.17) is 9.47 Å². The lowest BCUT2D eigenvalue weighted by Gasteiger charge is -2.33. The van der Waals surface area contributed by atoms with Crippen molar-refractivity contribution < 1.29 is 24.2 Å². The Morgan fingerprint density at radius 2 is 2.11 bits per heavy atom. The zero-order valence-corrected chi connectivity index (χ0v) is 12.0. The van der Waals surface area contributed by atoms with Gasteiger partial charge in [0.15, 0.2) is 6.04 Å². The van der Waals surface area contributed by atoms with Gasteiger partial charge in [0, 0.05) is 13.2 Å². The van der Waals surface area contributed by atoms with Gasteiger partial charge in [-0.05, 0) is 40.5 Å². The van der Waals surface area contributed by atoms with Crippen molar-refractivity contribution in [2.24, 2.45) is 0 Å². The van der Waals surface area contributed by atoms with Gasteiger partial charge < -0.3 is 14.6 Å². The molecule has 2 unspecified atom stereocenters. The van der Waals surface area contributed by atoms with E-state index in [9.17, 15) is 14.7 Å². The van der Waals surface area contributed by atoms with Crippen molar-refractivity contribution in [3.05, 3.63) is 0 Å². The fraction of sp³-hybridized carbons (Fsp3) is 0.846. The van der Waals surface area contributed by atoms with E-state index in [2.05, 4.69) is 0 Å². The molecular weight excluding hydrogens is 250 g/mol. The van der Waals surface area contributed by atoms with Crippen LogP contribution >= 0.6 is 0 Å². The summed E-state index contributed by atoms with van der Waals surface area (Å²) in [6.07, 6.45) is 0.402. The second kappa shape index (κ2) is 6.23. The summed E-state index contributed by atoms with van der Waals surface area (Å²) in [4.78, 5) is 24.7. The number of ether oxygens (including phenoxy) is 2. The van der Waals surface area contributed by atoms with Crippen molar-refractivity contribution in [1.82, 2.24) is 4.90 Å². The first-order valence-corrected chi connectivity index (χ1v) is 6.60. The first-order chi connectivity index (χ1) is 8.76. The minimum Gasteiger partial charge on any atom is -0.480 e. The fourth-order valence-corrected chi connectivity index (χ4v) is 2.10. The van der Waals surface area contributed by atoms with Crippen LogP contribution in [-0.4, -0.2) is 53.0 Å². The van der Waals surface area contributed by atoms with Crippen LogP contribution in [0.2, 0.25) is 0 Å². The topological polar surface area (TPSA) is 76.1 Å². The Hall–Kier alpha value is -1.30. The molecule has 0 aliphatic carbocycles. The molecule has 1 rings (SSSR count). The van der Waals surface area contributed by atoms with Gasteiger partial charge in [-0.15, -0.1) is 0 Å². The highest BCUT2D eigenvalue weighted by Gasteiger charge is 2.39. The molecule has 1 saturated heterocycles. The maximum Gasteiger partial charge on any atom is 0.411 e. The lowest BCUT2D eigenvalue weighted by Crippen LogP contribution is -2.52. The third-order valence-corrected chi connectivity index (χ3v) is 2.87. The number of carbonyl (C=O) groups is 2. The van der Waals surface area contributed by atoms with Crippen LogP contribution in [0.5, 0.6) is 0 Å². The van der Waals surface area contributed by atoms with Crippen LogP contribution in [0.25, 0.3) is 0 Å². The van der Waals surface area contributed by atoms with Gasteiger partial charge in [-0.25, -0.2) is 9.59 Å². The number of rotatable bonds is 4. The smallest absolute Gasteiger partial charge is 0.411 e. The molecule has 0 saturated carbocycles. The number of nitrogens with zero attached hydrogens (tertiary/aromatic N) is 1. The average Bonchev–Trinajstić information content (AvgIpc) is 2.75. The van der Waals surface area contributed by atoms with Crippen molar-refractivity contribution in [1.29, 1.82) is 0 Å². The van der Waals surface area contributed by atoms with Gasteiger partial charge in [0.25, 0.3) is 0 Å². The van der Waals surface area contributed by atoms with Crippen molar-refractivity contribution in [2.75, 3.05) is 13.2 Å². The molecule has 0 radical (unpaired) electrons. The zero-order valence-electron chi connectivity index (χ0n) is 12.0. The van der Waals surface area contributed by atoms with Crippen LogP contribution in [0.1, 0.15) is 40.5 Å². The van der Waals surface area contributed by atoms with E-state index in [1.54, 1.807) is 27.7 Å². The van der Waals surface area contributed by atoms with E-state index in [1.165, 1.54) is 4.90 Å². The molecule has 0 spiro atoms. The molecule has 1 aliphatic heterocycles. The Kier molecular flexibility index (Phi) is 5.17. The number of likely N-dealkylation sites (N-methyl/N-ethyl adjacent to an activating group) is 1. The van der Waals surface area contributed by atoms with Gasteiger partial charge >= 0.3 is 12.1 Å². The number of carbonyl (C=O) groups excluding carboxylic acids is 1. The summed E-state index contributed by atoms with van der Waals surface area (Å²) in [5.41, 5.74) is -0.649. The number of carboxylic acids is 1. The van der Waals surface area contributed by atoms with Crippen LogP contribution in [0, 0.1) is 0 Å². The van der Waals surface area contributed by atoms with E-state index in [0.29, 0.717) is 13.0 Å². The molecular formula is C13H23NO5. The molecule has 0 aromatic rings. The molecule has 1 fully saturated rings. The van der Waals surface area contributed by atoms with E-state index in [-0.39, 0.29) is 6.54 Å². The molecule has 110 valence electrons. The van der Waals surface area contributed by atoms with Gasteiger partial charge in [0.2, 0.25) is 0 Å². The molecule has 2 atom stereocenters. The lowest BCUT2D eigenvalue weighted by molar-refractivity contribution is -0.148. The van der Waals surface area contributed by atoms with Crippen molar-refractivity contribution in [3.63, 3.8) is 0 Å². The fourth-order valence-electron chi connectivity index (χ4n) is 2.10. The third kappa shape index (κ3) is 4.38. The highest BCUT2D eigenvalue weighted by molar-refractivity contribution is 5.80. The highest BCUT2D eigenvalue weighted by Crippen LogP contribution is 2.22. The number of aliphatic carboxylic acids is 1. The van der Waals surface area contributed by atoms with Gasteiger partial charge in [0.1, 0.15) is 5.60 Å². The minimum absolute atomic E-state index is 0.270. The predicted molar refractivity (Wildman–Crippen MR) is 69.0 cm³/mol. The first-order valence-electron chi connectivity index (χ1n) is 6.60. The zero-order chi connectivity index (χ0) is 14.6. The summed E-state index contributed by atoms with van der Waals surface area (Å²) in [5.74, 6) is -1.06. The predicted octanol–water partition coefficient (Wildman–Crippen LogP) is 1.88. The molecule has 19 heavy (non-hydrogen) atoms. The number of amides is 1. The van der Waals surface area contributed by atoms with Gasteiger partial charge in [-0.3, -0.25) is 4.90 Å². The molecule has 0 aromatic heterocycles. The maximum absolute atomic E-state index is 12.1. The Morgan fingerprint density at radius 3 is 2.47 bits per heavy atom. The molecule has 6 heteroatoms. The number of hydrogen-bond acceptors (Lipinski definition) is 4. The molecule has 1 N–H and O–H groups in total.